The zero-order valence-corrected chi connectivity index (χ0v) is 13.0. The molecule has 2 rings (SSSR count). The molecule has 0 heterocycles. The minimum Gasteiger partial charge on any atom is -0.494 e. The van der Waals surface area contributed by atoms with Crippen LogP contribution < -0.4 is 10.1 Å². The molecular formula is C19H25NO. The van der Waals surface area contributed by atoms with Gasteiger partial charge in [0, 0.05) is 6.04 Å². The van der Waals surface area contributed by atoms with Crippen LogP contribution in [0.5, 0.6) is 5.75 Å². The third-order valence-corrected chi connectivity index (χ3v) is 3.76. The van der Waals surface area contributed by atoms with Gasteiger partial charge in [-0.05, 0) is 49.6 Å². The molecule has 2 nitrogen and oxygen atoms in total. The Bertz CT molecular complexity index is 503. The van der Waals surface area contributed by atoms with Crippen LogP contribution in [0, 0.1) is 0 Å². The summed E-state index contributed by atoms with van der Waals surface area (Å²) in [5, 5.41) is 3.32. The minimum atomic E-state index is 0.428. The first-order valence-electron chi connectivity index (χ1n) is 7.77. The van der Waals surface area contributed by atoms with Gasteiger partial charge in [0.15, 0.2) is 0 Å². The summed E-state index contributed by atoms with van der Waals surface area (Å²) in [6.45, 7) is 2.95. The van der Waals surface area contributed by atoms with Crippen LogP contribution in [0.15, 0.2) is 54.6 Å². The Morgan fingerprint density at radius 3 is 2.33 bits per heavy atom. The average molecular weight is 283 g/mol. The molecule has 0 fully saturated rings. The SMILES string of the molecule is CCC(NC)c1ccc(OCCCc2ccccc2)cc1. The van der Waals surface area contributed by atoms with Crippen molar-refractivity contribution in [2.75, 3.05) is 13.7 Å². The number of benzene rings is 2. The Morgan fingerprint density at radius 2 is 1.71 bits per heavy atom. The number of aryl methyl sites for hydroxylation is 1. The lowest BCUT2D eigenvalue weighted by molar-refractivity contribution is 0.311. The second kappa shape index (κ2) is 8.48. The molecule has 2 aromatic rings. The van der Waals surface area contributed by atoms with E-state index >= 15 is 0 Å². The fourth-order valence-corrected chi connectivity index (χ4v) is 2.51. The molecule has 0 bridgehead atoms. The van der Waals surface area contributed by atoms with Crippen molar-refractivity contribution in [1.29, 1.82) is 0 Å². The van der Waals surface area contributed by atoms with Gasteiger partial charge >= 0.3 is 0 Å². The normalized spacial score (nSPS) is 12.1. The second-order valence-electron chi connectivity index (χ2n) is 5.26. The fraction of sp³-hybridized carbons (Fsp3) is 0.368. The van der Waals surface area contributed by atoms with Crippen molar-refractivity contribution >= 4 is 0 Å². The van der Waals surface area contributed by atoms with Crippen molar-refractivity contribution < 1.29 is 4.74 Å². The first kappa shape index (κ1) is 15.6. The maximum Gasteiger partial charge on any atom is 0.119 e. The molecule has 0 aliphatic rings. The van der Waals surface area contributed by atoms with Crippen LogP contribution in [0.25, 0.3) is 0 Å². The van der Waals surface area contributed by atoms with Gasteiger partial charge in [-0.1, -0.05) is 49.4 Å². The van der Waals surface area contributed by atoms with Gasteiger partial charge in [0.05, 0.1) is 6.61 Å². The summed E-state index contributed by atoms with van der Waals surface area (Å²) in [6, 6.07) is 19.4. The molecule has 0 aromatic heterocycles. The Labute approximate surface area is 128 Å². The number of ether oxygens (including phenoxy) is 1. The summed E-state index contributed by atoms with van der Waals surface area (Å²) in [7, 11) is 2.00. The second-order valence-corrected chi connectivity index (χ2v) is 5.26. The Morgan fingerprint density at radius 1 is 1.00 bits per heavy atom. The van der Waals surface area contributed by atoms with Crippen molar-refractivity contribution in [3.63, 3.8) is 0 Å². The Kier molecular flexibility index (Phi) is 6.29. The van der Waals surface area contributed by atoms with Gasteiger partial charge in [-0.2, -0.15) is 0 Å². The van der Waals surface area contributed by atoms with Gasteiger partial charge in [0.25, 0.3) is 0 Å². The monoisotopic (exact) mass is 283 g/mol. The first-order valence-corrected chi connectivity index (χ1v) is 7.77. The van der Waals surface area contributed by atoms with Crippen LogP contribution in [0.4, 0.5) is 0 Å². The molecule has 0 spiro atoms. The topological polar surface area (TPSA) is 21.3 Å². The van der Waals surface area contributed by atoms with Crippen LogP contribution in [0.3, 0.4) is 0 Å². The van der Waals surface area contributed by atoms with Gasteiger partial charge in [0.2, 0.25) is 0 Å². The van der Waals surface area contributed by atoms with Crippen LogP contribution in [-0.2, 0) is 6.42 Å². The molecule has 1 unspecified atom stereocenters. The number of nitrogens with one attached hydrogen (secondary N) is 1. The van der Waals surface area contributed by atoms with Crippen molar-refractivity contribution in [1.82, 2.24) is 5.32 Å². The van der Waals surface area contributed by atoms with E-state index in [4.69, 9.17) is 4.74 Å². The number of rotatable bonds is 8. The van der Waals surface area contributed by atoms with E-state index in [1.807, 2.05) is 7.05 Å². The van der Waals surface area contributed by atoms with Gasteiger partial charge in [-0.15, -0.1) is 0 Å². The third kappa shape index (κ3) is 4.91. The molecule has 0 radical (unpaired) electrons. The molecule has 2 heteroatoms. The Balaban J connectivity index is 1.76. The quantitative estimate of drug-likeness (QED) is 0.726. The highest BCUT2D eigenvalue weighted by molar-refractivity contribution is 5.29. The molecule has 21 heavy (non-hydrogen) atoms. The summed E-state index contributed by atoms with van der Waals surface area (Å²) >= 11 is 0. The highest BCUT2D eigenvalue weighted by Crippen LogP contribution is 2.20. The van der Waals surface area contributed by atoms with Crippen molar-refractivity contribution in [2.24, 2.45) is 0 Å². The van der Waals surface area contributed by atoms with Crippen LogP contribution in [-0.4, -0.2) is 13.7 Å². The van der Waals surface area contributed by atoms with Crippen molar-refractivity contribution in [3.8, 4) is 5.75 Å². The van der Waals surface area contributed by atoms with E-state index in [-0.39, 0.29) is 0 Å². The lowest BCUT2D eigenvalue weighted by Gasteiger charge is -2.14. The van der Waals surface area contributed by atoms with E-state index in [2.05, 4.69) is 66.8 Å². The molecule has 0 aliphatic carbocycles. The Hall–Kier alpha value is -1.80. The van der Waals surface area contributed by atoms with Crippen LogP contribution in [0.2, 0.25) is 0 Å². The smallest absolute Gasteiger partial charge is 0.119 e. The zero-order chi connectivity index (χ0) is 14.9. The van der Waals surface area contributed by atoms with E-state index in [0.29, 0.717) is 6.04 Å². The number of hydrogen-bond acceptors (Lipinski definition) is 2. The predicted molar refractivity (Wildman–Crippen MR) is 88.8 cm³/mol. The summed E-state index contributed by atoms with van der Waals surface area (Å²) in [5.74, 6) is 0.956. The molecule has 112 valence electrons. The summed E-state index contributed by atoms with van der Waals surface area (Å²) in [6.07, 6.45) is 3.20. The van der Waals surface area contributed by atoms with E-state index in [1.54, 1.807) is 0 Å². The van der Waals surface area contributed by atoms with E-state index in [1.165, 1.54) is 11.1 Å². The first-order chi connectivity index (χ1) is 10.3. The van der Waals surface area contributed by atoms with Crippen LogP contribution >= 0.6 is 0 Å². The van der Waals surface area contributed by atoms with E-state index < -0.39 is 0 Å². The maximum absolute atomic E-state index is 5.81. The zero-order valence-electron chi connectivity index (χ0n) is 13.0. The lowest BCUT2D eigenvalue weighted by atomic mass is 10.0. The molecule has 1 N–H and O–H groups in total. The summed E-state index contributed by atoms with van der Waals surface area (Å²) in [5.41, 5.74) is 2.69. The lowest BCUT2D eigenvalue weighted by Crippen LogP contribution is -2.14. The highest BCUT2D eigenvalue weighted by Gasteiger charge is 2.05. The molecule has 0 saturated carbocycles. The summed E-state index contributed by atoms with van der Waals surface area (Å²) in [4.78, 5) is 0. The average Bonchev–Trinajstić information content (AvgIpc) is 2.55. The van der Waals surface area contributed by atoms with Gasteiger partial charge in [-0.25, -0.2) is 0 Å². The predicted octanol–water partition coefficient (Wildman–Crippen LogP) is 4.37. The van der Waals surface area contributed by atoms with Gasteiger partial charge < -0.3 is 10.1 Å². The molecular weight excluding hydrogens is 258 g/mol. The minimum absolute atomic E-state index is 0.428. The molecule has 0 aliphatic heterocycles. The fourth-order valence-electron chi connectivity index (χ4n) is 2.51. The largest absolute Gasteiger partial charge is 0.494 e. The maximum atomic E-state index is 5.81. The van der Waals surface area contributed by atoms with Crippen molar-refractivity contribution in [3.05, 3.63) is 65.7 Å². The third-order valence-electron chi connectivity index (χ3n) is 3.76. The standard InChI is InChI=1S/C19H25NO/c1-3-19(20-2)17-11-13-18(14-12-17)21-15-7-10-16-8-5-4-6-9-16/h4-6,8-9,11-14,19-20H,3,7,10,15H2,1-2H3. The van der Waals surface area contributed by atoms with Crippen LogP contribution in [0.1, 0.15) is 36.9 Å². The van der Waals surface area contributed by atoms with Gasteiger partial charge in [0.1, 0.15) is 5.75 Å². The molecule has 0 saturated heterocycles. The highest BCUT2D eigenvalue weighted by atomic mass is 16.5. The molecule has 1 atom stereocenters. The van der Waals surface area contributed by atoms with Crippen molar-refractivity contribution in [2.45, 2.75) is 32.2 Å². The molecule has 0 amide bonds. The summed E-state index contributed by atoms with van der Waals surface area (Å²) < 4.78 is 5.81. The van der Waals surface area contributed by atoms with E-state index in [0.717, 1.165) is 31.6 Å². The van der Waals surface area contributed by atoms with E-state index in [9.17, 15) is 0 Å². The number of hydrogen-bond donors (Lipinski definition) is 1. The molecule has 2 aromatic carbocycles. The van der Waals surface area contributed by atoms with Gasteiger partial charge in [-0.3, -0.25) is 0 Å².